The molecule has 5 nitrogen and oxygen atoms in total. The van der Waals surface area contributed by atoms with Crippen LogP contribution in [0.3, 0.4) is 0 Å². The van der Waals surface area contributed by atoms with Gasteiger partial charge in [-0.15, -0.1) is 0 Å². The molecule has 3 rings (SSSR count). The van der Waals surface area contributed by atoms with Crippen molar-refractivity contribution in [2.45, 2.75) is 26.3 Å². The number of hydrogen-bond acceptors (Lipinski definition) is 3. The minimum atomic E-state index is -0.375. The van der Waals surface area contributed by atoms with Gasteiger partial charge in [0.1, 0.15) is 5.70 Å². The van der Waals surface area contributed by atoms with Crippen molar-refractivity contribution >= 4 is 23.6 Å². The number of carbonyl (C=O) groups excluding carboxylic acids is 2. The normalized spacial score (nSPS) is 11.3. The zero-order valence-electron chi connectivity index (χ0n) is 17.8. The van der Waals surface area contributed by atoms with Gasteiger partial charge in [-0.1, -0.05) is 68.4 Å². The summed E-state index contributed by atoms with van der Waals surface area (Å²) in [6.45, 7) is 4.55. The smallest absolute Gasteiger partial charge is 0.268 e. The van der Waals surface area contributed by atoms with Crippen LogP contribution in [0.2, 0.25) is 0 Å². The Labute approximate surface area is 183 Å². The highest BCUT2D eigenvalue weighted by molar-refractivity contribution is 6.05. The SMILES string of the molecule is CC(C)c1ccc(/C=C(\NC(=O)c2ccccc2)C(=O)NCc2cccc(N)c2)cc1. The van der Waals surface area contributed by atoms with Crippen LogP contribution in [0.25, 0.3) is 6.08 Å². The van der Waals surface area contributed by atoms with Gasteiger partial charge < -0.3 is 16.4 Å². The number of amides is 2. The Morgan fingerprint density at radius 3 is 2.29 bits per heavy atom. The number of rotatable bonds is 7. The summed E-state index contributed by atoms with van der Waals surface area (Å²) in [5.74, 6) is -0.304. The maximum absolute atomic E-state index is 12.9. The molecule has 0 fully saturated rings. The molecule has 3 aromatic carbocycles. The highest BCUT2D eigenvalue weighted by atomic mass is 16.2. The van der Waals surface area contributed by atoms with Crippen molar-refractivity contribution in [3.05, 3.63) is 107 Å². The molecule has 0 spiro atoms. The highest BCUT2D eigenvalue weighted by Crippen LogP contribution is 2.16. The molecule has 5 heteroatoms. The van der Waals surface area contributed by atoms with Crippen molar-refractivity contribution < 1.29 is 9.59 Å². The van der Waals surface area contributed by atoms with Crippen molar-refractivity contribution in [3.8, 4) is 0 Å². The van der Waals surface area contributed by atoms with Gasteiger partial charge in [-0.05, 0) is 52.9 Å². The summed E-state index contributed by atoms with van der Waals surface area (Å²) in [7, 11) is 0. The molecule has 3 aromatic rings. The lowest BCUT2D eigenvalue weighted by Crippen LogP contribution is -2.34. The van der Waals surface area contributed by atoms with E-state index in [1.165, 1.54) is 5.56 Å². The molecular formula is C26H27N3O2. The van der Waals surface area contributed by atoms with Crippen molar-refractivity contribution in [2.75, 3.05) is 5.73 Å². The summed E-state index contributed by atoms with van der Waals surface area (Å²) in [5.41, 5.74) is 10.0. The molecule has 31 heavy (non-hydrogen) atoms. The van der Waals surface area contributed by atoms with Crippen LogP contribution in [0.1, 0.15) is 46.8 Å². The third-order valence-electron chi connectivity index (χ3n) is 4.85. The van der Waals surface area contributed by atoms with Crippen LogP contribution in [-0.2, 0) is 11.3 Å². The van der Waals surface area contributed by atoms with Crippen LogP contribution in [-0.4, -0.2) is 11.8 Å². The van der Waals surface area contributed by atoms with E-state index in [1.54, 1.807) is 42.5 Å². The van der Waals surface area contributed by atoms with E-state index >= 15 is 0 Å². The van der Waals surface area contributed by atoms with Gasteiger partial charge in [-0.25, -0.2) is 0 Å². The zero-order chi connectivity index (χ0) is 22.2. The third kappa shape index (κ3) is 6.31. The lowest BCUT2D eigenvalue weighted by atomic mass is 10.0. The van der Waals surface area contributed by atoms with Gasteiger partial charge in [0, 0.05) is 17.8 Å². The van der Waals surface area contributed by atoms with Crippen molar-refractivity contribution in [3.63, 3.8) is 0 Å². The average molecular weight is 414 g/mol. The summed E-state index contributed by atoms with van der Waals surface area (Å²) >= 11 is 0. The van der Waals surface area contributed by atoms with E-state index in [-0.39, 0.29) is 17.5 Å². The second kappa shape index (κ2) is 10.3. The van der Waals surface area contributed by atoms with Crippen LogP contribution in [0.4, 0.5) is 5.69 Å². The summed E-state index contributed by atoms with van der Waals surface area (Å²) in [6.07, 6.45) is 1.68. The predicted molar refractivity (Wildman–Crippen MR) is 125 cm³/mol. The van der Waals surface area contributed by atoms with E-state index in [0.29, 0.717) is 23.7 Å². The Kier molecular flexibility index (Phi) is 7.22. The monoisotopic (exact) mass is 413 g/mol. The van der Waals surface area contributed by atoms with Crippen LogP contribution >= 0.6 is 0 Å². The summed E-state index contributed by atoms with van der Waals surface area (Å²) in [4.78, 5) is 25.6. The average Bonchev–Trinajstić information content (AvgIpc) is 2.78. The topological polar surface area (TPSA) is 84.2 Å². The van der Waals surface area contributed by atoms with Crippen LogP contribution in [0.5, 0.6) is 0 Å². The first-order chi connectivity index (χ1) is 14.9. The van der Waals surface area contributed by atoms with Gasteiger partial charge in [0.15, 0.2) is 0 Å². The van der Waals surface area contributed by atoms with E-state index in [2.05, 4.69) is 24.5 Å². The minimum Gasteiger partial charge on any atom is -0.399 e. The fraction of sp³-hybridized carbons (Fsp3) is 0.154. The summed E-state index contributed by atoms with van der Waals surface area (Å²) in [6, 6.07) is 24.0. The highest BCUT2D eigenvalue weighted by Gasteiger charge is 2.14. The first-order valence-corrected chi connectivity index (χ1v) is 10.2. The van der Waals surface area contributed by atoms with E-state index in [4.69, 9.17) is 5.73 Å². The van der Waals surface area contributed by atoms with Crippen LogP contribution < -0.4 is 16.4 Å². The first-order valence-electron chi connectivity index (χ1n) is 10.2. The molecule has 0 unspecified atom stereocenters. The zero-order valence-corrected chi connectivity index (χ0v) is 17.8. The minimum absolute atomic E-state index is 0.176. The molecule has 0 aliphatic heterocycles. The molecule has 2 amide bonds. The summed E-state index contributed by atoms with van der Waals surface area (Å²) in [5, 5.41) is 5.61. The molecule has 4 N–H and O–H groups in total. The third-order valence-corrected chi connectivity index (χ3v) is 4.85. The molecule has 0 heterocycles. The fourth-order valence-corrected chi connectivity index (χ4v) is 3.07. The van der Waals surface area contributed by atoms with E-state index in [0.717, 1.165) is 11.1 Å². The molecule has 0 aromatic heterocycles. The molecule has 158 valence electrons. The second-order valence-corrected chi connectivity index (χ2v) is 7.63. The van der Waals surface area contributed by atoms with Crippen molar-refractivity contribution in [1.29, 1.82) is 0 Å². The van der Waals surface area contributed by atoms with Gasteiger partial charge >= 0.3 is 0 Å². The number of anilines is 1. The number of carbonyl (C=O) groups is 2. The van der Waals surface area contributed by atoms with E-state index in [9.17, 15) is 9.59 Å². The van der Waals surface area contributed by atoms with Gasteiger partial charge in [0.25, 0.3) is 11.8 Å². The Balaban J connectivity index is 1.82. The molecule has 0 aliphatic rings. The molecule has 0 aliphatic carbocycles. The maximum atomic E-state index is 12.9. The maximum Gasteiger partial charge on any atom is 0.268 e. The molecular weight excluding hydrogens is 386 g/mol. The predicted octanol–water partition coefficient (Wildman–Crippen LogP) is 4.48. The molecule has 0 saturated heterocycles. The van der Waals surface area contributed by atoms with Crippen LogP contribution in [0.15, 0.2) is 84.6 Å². The molecule has 0 bridgehead atoms. The number of nitrogen functional groups attached to an aromatic ring is 1. The van der Waals surface area contributed by atoms with Gasteiger partial charge in [0.05, 0.1) is 0 Å². The van der Waals surface area contributed by atoms with Crippen molar-refractivity contribution in [2.24, 2.45) is 0 Å². The van der Waals surface area contributed by atoms with Crippen molar-refractivity contribution in [1.82, 2.24) is 10.6 Å². The first kappa shape index (κ1) is 21.8. The Morgan fingerprint density at radius 1 is 0.935 bits per heavy atom. The van der Waals surface area contributed by atoms with Gasteiger partial charge in [0.2, 0.25) is 0 Å². The largest absolute Gasteiger partial charge is 0.399 e. The molecule has 0 saturated carbocycles. The van der Waals surface area contributed by atoms with E-state index < -0.39 is 0 Å². The molecule has 0 atom stereocenters. The van der Waals surface area contributed by atoms with Crippen LogP contribution in [0, 0.1) is 0 Å². The number of nitrogens with two attached hydrogens (primary N) is 1. The van der Waals surface area contributed by atoms with Gasteiger partial charge in [-0.2, -0.15) is 0 Å². The second-order valence-electron chi connectivity index (χ2n) is 7.63. The quantitative estimate of drug-likeness (QED) is 0.394. The number of nitrogens with one attached hydrogen (secondary N) is 2. The lowest BCUT2D eigenvalue weighted by molar-refractivity contribution is -0.117. The standard InChI is InChI=1S/C26H27N3O2/c1-18(2)21-13-11-19(12-14-21)16-24(29-25(30)22-8-4-3-5-9-22)26(31)28-17-20-7-6-10-23(27)15-20/h3-16,18H,17,27H2,1-2H3,(H,28,31)(H,29,30)/b24-16-. The van der Waals surface area contributed by atoms with E-state index in [1.807, 2.05) is 42.5 Å². The number of hydrogen-bond donors (Lipinski definition) is 3. The summed E-state index contributed by atoms with van der Waals surface area (Å²) < 4.78 is 0. The van der Waals surface area contributed by atoms with Gasteiger partial charge in [-0.3, -0.25) is 9.59 Å². The Hall–Kier alpha value is -3.86. The fourth-order valence-electron chi connectivity index (χ4n) is 3.07. The molecule has 0 radical (unpaired) electrons. The lowest BCUT2D eigenvalue weighted by Gasteiger charge is -2.12. The number of benzene rings is 3. The Bertz CT molecular complexity index is 1070. The Morgan fingerprint density at radius 2 is 1.65 bits per heavy atom.